The minimum absolute atomic E-state index is 0.0281. The van der Waals surface area contributed by atoms with Crippen LogP contribution < -0.4 is 5.19 Å². The molecule has 0 heterocycles. The molecule has 0 aliphatic heterocycles. The first-order valence-corrected chi connectivity index (χ1v) is 10.7. The standard InChI is InChI=1S/C20H22OSi/c1-17(16-22(2,3)19-12-8-5-9-13-19)20(21)15-14-18-10-6-4-7-11-18/h4-15H,1,16H2,2-3H3/b15-14+. The summed E-state index contributed by atoms with van der Waals surface area (Å²) in [5, 5.41) is 1.36. The summed E-state index contributed by atoms with van der Waals surface area (Å²) >= 11 is 0. The summed E-state index contributed by atoms with van der Waals surface area (Å²) in [5.74, 6) is 0.0281. The molecule has 0 saturated heterocycles. The molecule has 0 radical (unpaired) electrons. The smallest absolute Gasteiger partial charge is 0.180 e. The number of ketones is 1. The van der Waals surface area contributed by atoms with Crippen molar-refractivity contribution in [2.24, 2.45) is 0 Å². The fraction of sp³-hybridized carbons (Fsp3) is 0.150. The zero-order valence-electron chi connectivity index (χ0n) is 13.3. The third-order valence-corrected chi connectivity index (χ3v) is 6.99. The number of rotatable bonds is 6. The topological polar surface area (TPSA) is 17.1 Å². The van der Waals surface area contributed by atoms with Crippen molar-refractivity contribution in [3.05, 3.63) is 84.5 Å². The normalized spacial score (nSPS) is 11.5. The van der Waals surface area contributed by atoms with Gasteiger partial charge in [-0.05, 0) is 23.3 Å². The van der Waals surface area contributed by atoms with Gasteiger partial charge >= 0.3 is 0 Å². The van der Waals surface area contributed by atoms with Crippen LogP contribution in [0.25, 0.3) is 6.08 Å². The summed E-state index contributed by atoms with van der Waals surface area (Å²) in [4.78, 5) is 12.3. The van der Waals surface area contributed by atoms with Crippen molar-refractivity contribution < 1.29 is 4.79 Å². The lowest BCUT2D eigenvalue weighted by Crippen LogP contribution is -2.41. The Balaban J connectivity index is 2.02. The van der Waals surface area contributed by atoms with E-state index >= 15 is 0 Å². The number of carbonyl (C=O) groups excluding carboxylic acids is 1. The predicted molar refractivity (Wildman–Crippen MR) is 98.0 cm³/mol. The predicted octanol–water partition coefficient (Wildman–Crippen LogP) is 4.44. The highest BCUT2D eigenvalue weighted by Crippen LogP contribution is 2.17. The van der Waals surface area contributed by atoms with Crippen molar-refractivity contribution >= 4 is 25.1 Å². The quantitative estimate of drug-likeness (QED) is 0.569. The van der Waals surface area contributed by atoms with Crippen molar-refractivity contribution in [3.63, 3.8) is 0 Å². The summed E-state index contributed by atoms with van der Waals surface area (Å²) in [5.41, 5.74) is 1.73. The van der Waals surface area contributed by atoms with E-state index in [1.54, 1.807) is 6.08 Å². The van der Waals surface area contributed by atoms with Gasteiger partial charge in [0, 0.05) is 0 Å². The molecule has 0 spiro atoms. The molecule has 2 rings (SSSR count). The van der Waals surface area contributed by atoms with Crippen LogP contribution in [-0.2, 0) is 4.79 Å². The lowest BCUT2D eigenvalue weighted by atomic mass is 10.1. The maximum atomic E-state index is 12.3. The van der Waals surface area contributed by atoms with Crippen LogP contribution in [-0.4, -0.2) is 13.9 Å². The van der Waals surface area contributed by atoms with E-state index in [4.69, 9.17) is 0 Å². The highest BCUT2D eigenvalue weighted by molar-refractivity contribution is 6.90. The highest BCUT2D eigenvalue weighted by Gasteiger charge is 2.25. The number of allylic oxidation sites excluding steroid dienone is 2. The van der Waals surface area contributed by atoms with E-state index in [-0.39, 0.29) is 5.78 Å². The van der Waals surface area contributed by atoms with Gasteiger partial charge in [-0.25, -0.2) is 0 Å². The van der Waals surface area contributed by atoms with Crippen LogP contribution in [0.3, 0.4) is 0 Å². The van der Waals surface area contributed by atoms with E-state index in [9.17, 15) is 4.79 Å². The Hall–Kier alpha value is -2.19. The number of benzene rings is 2. The van der Waals surface area contributed by atoms with Crippen molar-refractivity contribution in [3.8, 4) is 0 Å². The van der Waals surface area contributed by atoms with Gasteiger partial charge in [0.1, 0.15) is 0 Å². The van der Waals surface area contributed by atoms with Crippen LogP contribution in [0.1, 0.15) is 5.56 Å². The van der Waals surface area contributed by atoms with Gasteiger partial charge < -0.3 is 0 Å². The molecular formula is C20H22OSi. The molecule has 0 saturated carbocycles. The molecule has 0 aliphatic rings. The molecule has 0 amide bonds. The molecule has 2 heteroatoms. The first-order valence-electron chi connectivity index (χ1n) is 7.50. The molecule has 112 valence electrons. The van der Waals surface area contributed by atoms with E-state index in [1.807, 2.05) is 42.5 Å². The Morgan fingerprint density at radius 1 is 1.00 bits per heavy atom. The van der Waals surface area contributed by atoms with Gasteiger partial charge in [0.15, 0.2) is 5.78 Å². The summed E-state index contributed by atoms with van der Waals surface area (Å²) in [6, 6.07) is 21.1. The van der Waals surface area contributed by atoms with E-state index < -0.39 is 8.07 Å². The van der Waals surface area contributed by atoms with Gasteiger partial charge in [-0.3, -0.25) is 4.79 Å². The lowest BCUT2D eigenvalue weighted by Gasteiger charge is -2.23. The van der Waals surface area contributed by atoms with Gasteiger partial charge in [0.25, 0.3) is 0 Å². The van der Waals surface area contributed by atoms with Gasteiger partial charge in [0.2, 0.25) is 0 Å². The molecule has 0 unspecified atom stereocenters. The second-order valence-corrected chi connectivity index (χ2v) is 10.8. The Morgan fingerprint density at radius 2 is 1.55 bits per heavy atom. The molecular weight excluding hydrogens is 284 g/mol. The Bertz CT molecular complexity index is 669. The maximum Gasteiger partial charge on any atom is 0.180 e. The molecule has 2 aromatic rings. The van der Waals surface area contributed by atoms with Gasteiger partial charge in [-0.1, -0.05) is 91.6 Å². The zero-order chi connectivity index (χ0) is 16.0. The van der Waals surface area contributed by atoms with Crippen molar-refractivity contribution in [1.29, 1.82) is 0 Å². The fourth-order valence-electron chi connectivity index (χ4n) is 2.47. The van der Waals surface area contributed by atoms with Crippen LogP contribution in [0, 0.1) is 0 Å². The van der Waals surface area contributed by atoms with Crippen LogP contribution >= 0.6 is 0 Å². The molecule has 22 heavy (non-hydrogen) atoms. The first kappa shape index (κ1) is 16.2. The zero-order valence-corrected chi connectivity index (χ0v) is 14.3. The monoisotopic (exact) mass is 306 g/mol. The van der Waals surface area contributed by atoms with E-state index in [2.05, 4.69) is 43.9 Å². The summed E-state index contributed by atoms with van der Waals surface area (Å²) in [7, 11) is -1.67. The minimum Gasteiger partial charge on any atom is -0.290 e. The number of carbonyl (C=O) groups is 1. The maximum absolute atomic E-state index is 12.3. The van der Waals surface area contributed by atoms with Crippen molar-refractivity contribution in [1.82, 2.24) is 0 Å². The van der Waals surface area contributed by atoms with E-state index in [1.165, 1.54) is 5.19 Å². The Labute approximate surface area is 134 Å². The van der Waals surface area contributed by atoms with Crippen LogP contribution in [0.4, 0.5) is 0 Å². The lowest BCUT2D eigenvalue weighted by molar-refractivity contribution is -0.111. The van der Waals surface area contributed by atoms with Crippen LogP contribution in [0.2, 0.25) is 19.1 Å². The van der Waals surface area contributed by atoms with Crippen LogP contribution in [0.15, 0.2) is 78.9 Å². The minimum atomic E-state index is -1.67. The third-order valence-electron chi connectivity index (χ3n) is 3.79. The van der Waals surface area contributed by atoms with Gasteiger partial charge in [0.05, 0.1) is 8.07 Å². The molecule has 0 atom stereocenters. The molecule has 2 aromatic carbocycles. The second kappa shape index (κ2) is 7.19. The summed E-state index contributed by atoms with van der Waals surface area (Å²) < 4.78 is 0. The molecule has 0 N–H and O–H groups in total. The Morgan fingerprint density at radius 3 is 2.14 bits per heavy atom. The number of hydrogen-bond donors (Lipinski definition) is 0. The molecule has 0 aliphatic carbocycles. The van der Waals surface area contributed by atoms with Crippen molar-refractivity contribution in [2.45, 2.75) is 19.1 Å². The Kier molecular flexibility index (Phi) is 5.29. The first-order chi connectivity index (χ1) is 10.5. The molecule has 0 fully saturated rings. The molecule has 0 bridgehead atoms. The average molecular weight is 306 g/mol. The molecule has 1 nitrogen and oxygen atoms in total. The van der Waals surface area contributed by atoms with Gasteiger partial charge in [-0.15, -0.1) is 0 Å². The number of hydrogen-bond acceptors (Lipinski definition) is 1. The summed E-state index contributed by atoms with van der Waals surface area (Å²) in [6.45, 7) is 8.57. The average Bonchev–Trinajstić information content (AvgIpc) is 2.54. The van der Waals surface area contributed by atoms with Crippen molar-refractivity contribution in [2.75, 3.05) is 0 Å². The second-order valence-electron chi connectivity index (χ2n) is 6.14. The SMILES string of the molecule is C=C(C[Si](C)(C)c1ccccc1)C(=O)/C=C/c1ccccc1. The third kappa shape index (κ3) is 4.40. The van der Waals surface area contributed by atoms with E-state index in [0.717, 1.165) is 11.6 Å². The van der Waals surface area contributed by atoms with Gasteiger partial charge in [-0.2, -0.15) is 0 Å². The highest BCUT2D eigenvalue weighted by atomic mass is 28.3. The molecule has 0 aromatic heterocycles. The largest absolute Gasteiger partial charge is 0.290 e. The summed E-state index contributed by atoms with van der Waals surface area (Å²) in [6.07, 6.45) is 3.48. The van der Waals surface area contributed by atoms with Crippen LogP contribution in [0.5, 0.6) is 0 Å². The fourth-order valence-corrected chi connectivity index (χ4v) is 5.01. The van der Waals surface area contributed by atoms with E-state index in [0.29, 0.717) is 5.57 Å².